The monoisotopic (exact) mass is 380 g/mol. The van der Waals surface area contributed by atoms with E-state index in [0.29, 0.717) is 11.1 Å². The highest BCUT2D eigenvalue weighted by Gasteiger charge is 2.12. The molecule has 6 nitrogen and oxygen atoms in total. The van der Waals surface area contributed by atoms with Gasteiger partial charge in [-0.3, -0.25) is 0 Å². The molecule has 0 radical (unpaired) electrons. The lowest BCUT2D eigenvalue weighted by Gasteiger charge is -2.04. The lowest BCUT2D eigenvalue weighted by molar-refractivity contribution is -0.139. The van der Waals surface area contributed by atoms with Crippen LogP contribution in [0.2, 0.25) is 0 Å². The first-order valence-electron chi connectivity index (χ1n) is 9.23. The Morgan fingerprint density at radius 3 is 1.68 bits per heavy atom. The Balaban J connectivity index is 2.98. The van der Waals surface area contributed by atoms with E-state index in [-0.39, 0.29) is 24.4 Å². The van der Waals surface area contributed by atoms with E-state index < -0.39 is 11.9 Å². The number of hydrogen-bond donors (Lipinski definition) is 0. The molecule has 0 heterocycles. The number of hydrogen-bond acceptors (Lipinski definition) is 6. The molecule has 1 aromatic rings. The third-order valence-electron chi connectivity index (χ3n) is 3.68. The highest BCUT2D eigenvalue weighted by Crippen LogP contribution is 2.14. The van der Waals surface area contributed by atoms with Crippen molar-refractivity contribution in [2.75, 3.05) is 13.2 Å². The van der Waals surface area contributed by atoms with Gasteiger partial charge in [0.15, 0.2) is 0 Å². The molecule has 0 aromatic heterocycles. The zero-order chi connectivity index (χ0) is 20.8. The van der Waals surface area contributed by atoms with Crippen molar-refractivity contribution in [1.82, 2.24) is 0 Å². The predicted molar refractivity (Wildman–Crippen MR) is 105 cm³/mol. The largest absolute Gasteiger partial charge is 0.462 e. The Morgan fingerprint density at radius 2 is 1.32 bits per heavy atom. The zero-order valence-electron chi connectivity index (χ0n) is 16.2. The Kier molecular flexibility index (Phi) is 10.4. The van der Waals surface area contributed by atoms with E-state index in [0.717, 1.165) is 25.7 Å². The minimum atomic E-state index is -0.672. The number of carbonyl (C=O) groups excluding carboxylic acids is 2. The summed E-state index contributed by atoms with van der Waals surface area (Å²) in [6.45, 7) is 4.48. The smallest absolute Gasteiger partial charge is 0.348 e. The van der Waals surface area contributed by atoms with E-state index in [4.69, 9.17) is 9.47 Å². The quantitative estimate of drug-likeness (QED) is 0.261. The first-order valence-corrected chi connectivity index (χ1v) is 9.23. The summed E-state index contributed by atoms with van der Waals surface area (Å²) in [6, 6.07) is 10.5. The Hall–Kier alpha value is -3.38. The van der Waals surface area contributed by atoms with Crippen LogP contribution in [0.3, 0.4) is 0 Å². The van der Waals surface area contributed by atoms with Crippen LogP contribution in [0.1, 0.15) is 50.7 Å². The number of benzene rings is 1. The summed E-state index contributed by atoms with van der Waals surface area (Å²) < 4.78 is 10.1. The Labute approximate surface area is 165 Å². The topological polar surface area (TPSA) is 100 Å². The van der Waals surface area contributed by atoms with E-state index in [2.05, 4.69) is 0 Å². The molecule has 1 aromatic carbocycles. The molecule has 0 N–H and O–H groups in total. The molecule has 0 bridgehead atoms. The van der Waals surface area contributed by atoms with Gasteiger partial charge in [-0.15, -0.1) is 0 Å². The van der Waals surface area contributed by atoms with Crippen LogP contribution in [0.5, 0.6) is 0 Å². The Bertz CT molecular complexity index is 760. The van der Waals surface area contributed by atoms with Crippen molar-refractivity contribution in [2.24, 2.45) is 0 Å². The SMILES string of the molecule is CCCCOC(=O)/C(C#N)=C/c1cccc(/C=C(\C#N)C(=O)OCCCC)c1. The fourth-order valence-electron chi connectivity index (χ4n) is 2.12. The summed E-state index contributed by atoms with van der Waals surface area (Å²) in [6.07, 6.45) is 6.06. The Morgan fingerprint density at radius 1 is 0.893 bits per heavy atom. The molecule has 0 aliphatic heterocycles. The molecule has 0 aliphatic carbocycles. The van der Waals surface area contributed by atoms with Gasteiger partial charge >= 0.3 is 11.9 Å². The van der Waals surface area contributed by atoms with Crippen molar-refractivity contribution in [3.05, 3.63) is 46.5 Å². The van der Waals surface area contributed by atoms with Gasteiger partial charge in [0.25, 0.3) is 0 Å². The van der Waals surface area contributed by atoms with E-state index in [1.807, 2.05) is 26.0 Å². The van der Waals surface area contributed by atoms with Crippen LogP contribution in [0.4, 0.5) is 0 Å². The molecule has 0 aliphatic rings. The minimum absolute atomic E-state index is 0.114. The standard InChI is InChI=1S/C22H24N2O4/c1-3-5-10-27-21(25)19(15-23)13-17-8-7-9-18(12-17)14-20(16-24)22(26)28-11-6-4-2/h7-9,12-14H,3-6,10-11H2,1-2H3/b19-13+,20-14+. The highest BCUT2D eigenvalue weighted by atomic mass is 16.5. The fourth-order valence-corrected chi connectivity index (χ4v) is 2.12. The van der Waals surface area contributed by atoms with Crippen molar-refractivity contribution in [1.29, 1.82) is 10.5 Å². The average molecular weight is 380 g/mol. The van der Waals surface area contributed by atoms with Gasteiger partial charge in [0.05, 0.1) is 13.2 Å². The van der Waals surface area contributed by atoms with Crippen LogP contribution in [0, 0.1) is 22.7 Å². The summed E-state index contributed by atoms with van der Waals surface area (Å²) in [5.74, 6) is -1.34. The van der Waals surface area contributed by atoms with Crippen LogP contribution in [0.25, 0.3) is 12.2 Å². The summed E-state index contributed by atoms with van der Waals surface area (Å²) in [5.41, 5.74) is 0.928. The molecule has 0 spiro atoms. The molecule has 0 amide bonds. The highest BCUT2D eigenvalue weighted by molar-refractivity contribution is 5.99. The first kappa shape index (κ1) is 22.7. The van der Waals surface area contributed by atoms with E-state index in [1.54, 1.807) is 24.3 Å². The zero-order valence-corrected chi connectivity index (χ0v) is 16.2. The van der Waals surface area contributed by atoms with Crippen LogP contribution >= 0.6 is 0 Å². The maximum atomic E-state index is 11.9. The van der Waals surface area contributed by atoms with Gasteiger partial charge in [0.2, 0.25) is 0 Å². The number of rotatable bonds is 10. The van der Waals surface area contributed by atoms with Crippen molar-refractivity contribution in [3.63, 3.8) is 0 Å². The third kappa shape index (κ3) is 7.88. The lowest BCUT2D eigenvalue weighted by Crippen LogP contribution is -2.08. The predicted octanol–water partition coefficient (Wildman–Crippen LogP) is 4.19. The summed E-state index contributed by atoms with van der Waals surface area (Å²) in [4.78, 5) is 23.9. The second kappa shape index (κ2) is 12.9. The maximum Gasteiger partial charge on any atom is 0.348 e. The lowest BCUT2D eigenvalue weighted by atomic mass is 10.1. The van der Waals surface area contributed by atoms with Gasteiger partial charge in [-0.2, -0.15) is 10.5 Å². The minimum Gasteiger partial charge on any atom is -0.462 e. The second-order valence-corrected chi connectivity index (χ2v) is 5.99. The van der Waals surface area contributed by atoms with Crippen LogP contribution < -0.4 is 0 Å². The number of esters is 2. The molecular weight excluding hydrogens is 356 g/mol. The molecule has 1 rings (SSSR count). The maximum absolute atomic E-state index is 11.9. The van der Waals surface area contributed by atoms with E-state index in [1.165, 1.54) is 12.2 Å². The van der Waals surface area contributed by atoms with Gasteiger partial charge < -0.3 is 9.47 Å². The van der Waals surface area contributed by atoms with Gasteiger partial charge in [-0.1, -0.05) is 44.9 Å². The van der Waals surface area contributed by atoms with Gasteiger partial charge in [-0.05, 0) is 42.2 Å². The fraction of sp³-hybridized carbons (Fsp3) is 0.364. The van der Waals surface area contributed by atoms with E-state index in [9.17, 15) is 20.1 Å². The molecule has 0 saturated heterocycles. The molecule has 146 valence electrons. The number of carbonyl (C=O) groups is 2. The summed E-state index contributed by atoms with van der Waals surface area (Å²) >= 11 is 0. The number of ether oxygens (including phenoxy) is 2. The van der Waals surface area contributed by atoms with E-state index >= 15 is 0 Å². The van der Waals surface area contributed by atoms with Crippen LogP contribution in [0.15, 0.2) is 35.4 Å². The van der Waals surface area contributed by atoms with Gasteiger partial charge in [0.1, 0.15) is 23.3 Å². The molecular formula is C22H24N2O4. The average Bonchev–Trinajstić information content (AvgIpc) is 2.70. The molecule has 0 fully saturated rings. The summed E-state index contributed by atoms with van der Waals surface area (Å²) in [7, 11) is 0. The van der Waals surface area contributed by atoms with Gasteiger partial charge in [-0.25, -0.2) is 9.59 Å². The first-order chi connectivity index (χ1) is 13.5. The van der Waals surface area contributed by atoms with Crippen molar-refractivity contribution < 1.29 is 19.1 Å². The van der Waals surface area contributed by atoms with Crippen molar-refractivity contribution >= 4 is 24.1 Å². The second-order valence-electron chi connectivity index (χ2n) is 5.99. The normalized spacial score (nSPS) is 11.3. The van der Waals surface area contributed by atoms with Crippen molar-refractivity contribution in [3.8, 4) is 12.1 Å². The summed E-state index contributed by atoms with van der Waals surface area (Å²) in [5, 5.41) is 18.4. The number of nitrogens with zero attached hydrogens (tertiary/aromatic N) is 2. The number of nitriles is 2. The van der Waals surface area contributed by atoms with Crippen LogP contribution in [-0.4, -0.2) is 25.2 Å². The van der Waals surface area contributed by atoms with Gasteiger partial charge in [0, 0.05) is 0 Å². The molecule has 0 unspecified atom stereocenters. The number of unbranched alkanes of at least 4 members (excludes halogenated alkanes) is 2. The molecule has 28 heavy (non-hydrogen) atoms. The molecule has 0 saturated carbocycles. The van der Waals surface area contributed by atoms with Crippen LogP contribution in [-0.2, 0) is 19.1 Å². The molecule has 0 atom stereocenters. The molecule has 6 heteroatoms. The van der Waals surface area contributed by atoms with Crippen molar-refractivity contribution in [2.45, 2.75) is 39.5 Å². The third-order valence-corrected chi connectivity index (χ3v) is 3.68.